The Bertz CT molecular complexity index is 502. The number of aliphatic hydroxyl groups is 1. The van der Waals surface area contributed by atoms with Crippen molar-refractivity contribution in [1.82, 2.24) is 0 Å². The van der Waals surface area contributed by atoms with Crippen LogP contribution in [0.5, 0.6) is 0 Å². The lowest BCUT2D eigenvalue weighted by molar-refractivity contribution is 0.0583. The summed E-state index contributed by atoms with van der Waals surface area (Å²) < 4.78 is 2.09. The van der Waals surface area contributed by atoms with Gasteiger partial charge in [-0.05, 0) is 52.0 Å². The molecule has 1 heterocycles. The first-order valence-corrected chi connectivity index (χ1v) is 7.66. The SMILES string of the molecule is CC(O)(Cc1sccc1Br)c1ccc(Br)cc1. The first kappa shape index (κ1) is 13.3. The van der Waals surface area contributed by atoms with E-state index < -0.39 is 5.60 Å². The minimum absolute atomic E-state index is 0.618. The number of hydrogen-bond donors (Lipinski definition) is 1. The molecule has 0 aliphatic rings. The smallest absolute Gasteiger partial charge is 0.0917 e. The molecule has 0 saturated heterocycles. The zero-order valence-corrected chi connectivity index (χ0v) is 13.3. The average Bonchev–Trinajstić information content (AvgIpc) is 2.64. The maximum atomic E-state index is 10.5. The third-order valence-corrected chi connectivity index (χ3v) is 5.12. The molecule has 0 bridgehead atoms. The number of benzene rings is 1. The van der Waals surface area contributed by atoms with Gasteiger partial charge in [-0.25, -0.2) is 0 Å². The molecule has 0 radical (unpaired) electrons. The third kappa shape index (κ3) is 3.19. The van der Waals surface area contributed by atoms with Crippen molar-refractivity contribution in [3.8, 4) is 0 Å². The molecule has 2 rings (SSSR count). The predicted octanol–water partition coefficient (Wildman–Crippen LogP) is 4.72. The second-order valence-electron chi connectivity index (χ2n) is 4.15. The molecule has 1 aromatic carbocycles. The molecule has 1 nitrogen and oxygen atoms in total. The summed E-state index contributed by atoms with van der Waals surface area (Å²) in [4.78, 5) is 1.16. The highest BCUT2D eigenvalue weighted by atomic mass is 79.9. The number of halogens is 2. The van der Waals surface area contributed by atoms with Crippen LogP contribution in [0.3, 0.4) is 0 Å². The molecule has 1 N–H and O–H groups in total. The van der Waals surface area contributed by atoms with E-state index in [0.29, 0.717) is 6.42 Å². The average molecular weight is 376 g/mol. The van der Waals surface area contributed by atoms with E-state index in [1.54, 1.807) is 11.3 Å². The molecular weight excluding hydrogens is 364 g/mol. The maximum Gasteiger partial charge on any atom is 0.0917 e. The van der Waals surface area contributed by atoms with Gasteiger partial charge in [-0.3, -0.25) is 0 Å². The summed E-state index contributed by atoms with van der Waals surface area (Å²) in [5, 5.41) is 12.6. The molecule has 1 atom stereocenters. The minimum atomic E-state index is -0.839. The van der Waals surface area contributed by atoms with Crippen LogP contribution in [0, 0.1) is 0 Å². The van der Waals surface area contributed by atoms with Gasteiger partial charge >= 0.3 is 0 Å². The number of thiophene rings is 1. The molecule has 0 spiro atoms. The first-order chi connectivity index (χ1) is 7.99. The largest absolute Gasteiger partial charge is 0.385 e. The molecule has 0 amide bonds. The Hall–Kier alpha value is -0.160. The van der Waals surface area contributed by atoms with Crippen LogP contribution in [-0.4, -0.2) is 5.11 Å². The van der Waals surface area contributed by atoms with Gasteiger partial charge in [-0.2, -0.15) is 0 Å². The van der Waals surface area contributed by atoms with Crippen LogP contribution >= 0.6 is 43.2 Å². The van der Waals surface area contributed by atoms with Crippen LogP contribution in [-0.2, 0) is 12.0 Å². The number of hydrogen-bond acceptors (Lipinski definition) is 2. The van der Waals surface area contributed by atoms with E-state index in [-0.39, 0.29) is 0 Å². The summed E-state index contributed by atoms with van der Waals surface area (Å²) in [5.41, 5.74) is 0.0923. The molecule has 4 heteroatoms. The molecule has 1 aromatic heterocycles. The lowest BCUT2D eigenvalue weighted by Gasteiger charge is -2.23. The molecule has 2 aromatic rings. The van der Waals surface area contributed by atoms with Crippen molar-refractivity contribution >= 4 is 43.2 Å². The molecule has 0 fully saturated rings. The topological polar surface area (TPSA) is 20.2 Å². The van der Waals surface area contributed by atoms with Crippen molar-refractivity contribution < 1.29 is 5.11 Å². The predicted molar refractivity (Wildman–Crippen MR) is 79.4 cm³/mol. The van der Waals surface area contributed by atoms with Crippen LogP contribution in [0.25, 0.3) is 0 Å². The van der Waals surface area contributed by atoms with Gasteiger partial charge in [-0.15, -0.1) is 11.3 Å². The van der Waals surface area contributed by atoms with Gasteiger partial charge in [0.05, 0.1) is 5.60 Å². The minimum Gasteiger partial charge on any atom is -0.385 e. The Morgan fingerprint density at radius 2 is 1.82 bits per heavy atom. The van der Waals surface area contributed by atoms with E-state index in [2.05, 4.69) is 31.9 Å². The molecule has 0 saturated carbocycles. The highest BCUT2D eigenvalue weighted by Crippen LogP contribution is 2.32. The van der Waals surface area contributed by atoms with Crippen molar-refractivity contribution in [3.63, 3.8) is 0 Å². The van der Waals surface area contributed by atoms with Crippen LogP contribution < -0.4 is 0 Å². The Labute approximate surface area is 122 Å². The van der Waals surface area contributed by atoms with E-state index in [0.717, 1.165) is 19.4 Å². The van der Waals surface area contributed by atoms with E-state index in [9.17, 15) is 5.11 Å². The van der Waals surface area contributed by atoms with Gasteiger partial charge < -0.3 is 5.11 Å². The zero-order valence-electron chi connectivity index (χ0n) is 9.28. The standard InChI is InChI=1S/C13H12Br2OS/c1-13(16,8-12-11(15)6-7-17-12)9-2-4-10(14)5-3-9/h2-7,16H,8H2,1H3. The lowest BCUT2D eigenvalue weighted by atomic mass is 9.92. The van der Waals surface area contributed by atoms with Crippen molar-refractivity contribution in [1.29, 1.82) is 0 Å². The molecule has 0 aliphatic carbocycles. The molecule has 0 aliphatic heterocycles. The third-order valence-electron chi connectivity index (χ3n) is 2.66. The highest BCUT2D eigenvalue weighted by molar-refractivity contribution is 9.10. The number of rotatable bonds is 3. The lowest BCUT2D eigenvalue weighted by Crippen LogP contribution is -2.23. The second-order valence-corrected chi connectivity index (χ2v) is 6.92. The fourth-order valence-electron chi connectivity index (χ4n) is 1.67. The normalized spacial score (nSPS) is 14.6. The maximum absolute atomic E-state index is 10.5. The van der Waals surface area contributed by atoms with Gasteiger partial charge in [0.25, 0.3) is 0 Å². The molecule has 90 valence electrons. The van der Waals surface area contributed by atoms with Crippen LogP contribution in [0.1, 0.15) is 17.4 Å². The van der Waals surface area contributed by atoms with Gasteiger partial charge in [0.2, 0.25) is 0 Å². The van der Waals surface area contributed by atoms with E-state index >= 15 is 0 Å². The molecule has 1 unspecified atom stereocenters. The van der Waals surface area contributed by atoms with Crippen molar-refractivity contribution in [2.24, 2.45) is 0 Å². The summed E-state index contributed by atoms with van der Waals surface area (Å²) in [5.74, 6) is 0. The van der Waals surface area contributed by atoms with Gasteiger partial charge in [0.15, 0.2) is 0 Å². The van der Waals surface area contributed by atoms with Crippen molar-refractivity contribution in [2.75, 3.05) is 0 Å². The zero-order chi connectivity index (χ0) is 12.5. The fraction of sp³-hybridized carbons (Fsp3) is 0.231. The highest BCUT2D eigenvalue weighted by Gasteiger charge is 2.24. The van der Waals surface area contributed by atoms with Crippen LogP contribution in [0.2, 0.25) is 0 Å². The first-order valence-electron chi connectivity index (χ1n) is 5.19. The summed E-state index contributed by atoms with van der Waals surface area (Å²) in [7, 11) is 0. The monoisotopic (exact) mass is 374 g/mol. The van der Waals surface area contributed by atoms with Crippen LogP contribution in [0.4, 0.5) is 0 Å². The van der Waals surface area contributed by atoms with Gasteiger partial charge in [-0.1, -0.05) is 28.1 Å². The molecule has 17 heavy (non-hydrogen) atoms. The Balaban J connectivity index is 2.24. The Morgan fingerprint density at radius 3 is 2.35 bits per heavy atom. The Kier molecular flexibility index (Phi) is 4.08. The second kappa shape index (κ2) is 5.22. The van der Waals surface area contributed by atoms with Gasteiger partial charge in [0, 0.05) is 20.2 Å². The van der Waals surface area contributed by atoms with Crippen LogP contribution in [0.15, 0.2) is 44.7 Å². The summed E-state index contributed by atoms with van der Waals surface area (Å²) in [6, 6.07) is 9.81. The van der Waals surface area contributed by atoms with E-state index in [4.69, 9.17) is 0 Å². The summed E-state index contributed by atoms with van der Waals surface area (Å²) in [6.45, 7) is 1.85. The van der Waals surface area contributed by atoms with Gasteiger partial charge in [0.1, 0.15) is 0 Å². The van der Waals surface area contributed by atoms with Crippen molar-refractivity contribution in [3.05, 3.63) is 55.1 Å². The van der Waals surface area contributed by atoms with Crippen molar-refractivity contribution in [2.45, 2.75) is 18.9 Å². The molecular formula is C13H12Br2OS. The fourth-order valence-corrected chi connectivity index (χ4v) is 3.58. The quantitative estimate of drug-likeness (QED) is 0.822. The summed E-state index contributed by atoms with van der Waals surface area (Å²) in [6.07, 6.45) is 0.618. The van der Waals surface area contributed by atoms with E-state index in [1.807, 2.05) is 42.6 Å². The van der Waals surface area contributed by atoms with E-state index in [1.165, 1.54) is 0 Å². The summed E-state index contributed by atoms with van der Waals surface area (Å²) >= 11 is 8.55. The Morgan fingerprint density at radius 1 is 1.18 bits per heavy atom.